The number of fused-ring (bicyclic) bond motifs is 1. The van der Waals surface area contributed by atoms with Crippen molar-refractivity contribution in [2.75, 3.05) is 18.5 Å². The van der Waals surface area contributed by atoms with Crippen LogP contribution in [0.1, 0.15) is 44.0 Å². The van der Waals surface area contributed by atoms with Crippen LogP contribution in [0, 0.1) is 5.82 Å². The summed E-state index contributed by atoms with van der Waals surface area (Å²) >= 11 is 0. The lowest BCUT2D eigenvalue weighted by Crippen LogP contribution is -2.49. The number of aromatic nitrogens is 2. The van der Waals surface area contributed by atoms with Gasteiger partial charge in [-0.3, -0.25) is 0 Å². The van der Waals surface area contributed by atoms with Gasteiger partial charge in [0.05, 0.1) is 30.4 Å². The van der Waals surface area contributed by atoms with E-state index in [0.29, 0.717) is 25.5 Å². The zero-order valence-corrected chi connectivity index (χ0v) is 17.1. The number of nitrogens with one attached hydrogen (secondary N) is 2. The van der Waals surface area contributed by atoms with Crippen molar-refractivity contribution in [3.8, 4) is 0 Å². The molecule has 0 bridgehead atoms. The van der Waals surface area contributed by atoms with Gasteiger partial charge in [0.15, 0.2) is 0 Å². The van der Waals surface area contributed by atoms with Crippen molar-refractivity contribution >= 4 is 12.0 Å². The third-order valence-corrected chi connectivity index (χ3v) is 5.26. The number of halogens is 1. The Kier molecular flexibility index (Phi) is 6.32. The summed E-state index contributed by atoms with van der Waals surface area (Å²) in [7, 11) is 0. The first kappa shape index (κ1) is 21.0. The van der Waals surface area contributed by atoms with Crippen LogP contribution in [-0.2, 0) is 18.5 Å². The second-order valence-corrected chi connectivity index (χ2v) is 7.83. The Hall–Kier alpha value is -2.74. The average molecular weight is 401 g/mol. The molecule has 1 aliphatic heterocycles. The number of anilines is 1. The van der Waals surface area contributed by atoms with Crippen molar-refractivity contribution in [3.63, 3.8) is 0 Å². The lowest BCUT2D eigenvalue weighted by atomic mass is 9.94. The zero-order valence-electron chi connectivity index (χ0n) is 17.1. The van der Waals surface area contributed by atoms with Crippen molar-refractivity contribution < 1.29 is 14.3 Å². The first-order valence-corrected chi connectivity index (χ1v) is 9.87. The van der Waals surface area contributed by atoms with Gasteiger partial charge in [-0.25, -0.2) is 19.2 Å². The van der Waals surface area contributed by atoms with E-state index in [1.165, 1.54) is 12.1 Å². The van der Waals surface area contributed by atoms with E-state index in [0.717, 1.165) is 23.2 Å². The van der Waals surface area contributed by atoms with E-state index in [1.54, 1.807) is 23.2 Å². The molecule has 0 aliphatic carbocycles. The quantitative estimate of drug-likeness (QED) is 0.693. The summed E-state index contributed by atoms with van der Waals surface area (Å²) in [5.74, 6) is 0.151. The summed E-state index contributed by atoms with van der Waals surface area (Å²) < 4.78 is 13.2. The zero-order chi connectivity index (χ0) is 21.0. The third kappa shape index (κ3) is 5.00. The Morgan fingerprint density at radius 2 is 2.07 bits per heavy atom. The SMILES string of the molecule is CC[C@@H](CO)Nc1ncc2c(n1)CN(C(=O)NC(C)(C)c1ccc(F)cc1)CC2. The molecule has 1 aromatic carbocycles. The van der Waals surface area contributed by atoms with Crippen LogP contribution in [0.3, 0.4) is 0 Å². The minimum atomic E-state index is -0.640. The molecule has 3 N–H and O–H groups in total. The average Bonchev–Trinajstić information content (AvgIpc) is 2.71. The fraction of sp³-hybridized carbons (Fsp3) is 0.476. The highest BCUT2D eigenvalue weighted by Crippen LogP contribution is 2.23. The van der Waals surface area contributed by atoms with Gasteiger partial charge in [-0.2, -0.15) is 0 Å². The van der Waals surface area contributed by atoms with Gasteiger partial charge in [-0.15, -0.1) is 0 Å². The highest BCUT2D eigenvalue weighted by atomic mass is 19.1. The number of aliphatic hydroxyl groups excluding tert-OH is 1. The summed E-state index contributed by atoms with van der Waals surface area (Å²) in [4.78, 5) is 23.5. The molecule has 0 unspecified atom stereocenters. The van der Waals surface area contributed by atoms with E-state index in [2.05, 4.69) is 20.6 Å². The van der Waals surface area contributed by atoms with Gasteiger partial charge >= 0.3 is 6.03 Å². The molecule has 156 valence electrons. The second kappa shape index (κ2) is 8.73. The molecule has 1 atom stereocenters. The third-order valence-electron chi connectivity index (χ3n) is 5.26. The Balaban J connectivity index is 1.69. The molecule has 0 fully saturated rings. The monoisotopic (exact) mass is 401 g/mol. The number of hydrogen-bond acceptors (Lipinski definition) is 5. The van der Waals surface area contributed by atoms with E-state index in [1.807, 2.05) is 20.8 Å². The Morgan fingerprint density at radius 3 is 2.72 bits per heavy atom. The van der Waals surface area contributed by atoms with Crippen LogP contribution in [0.4, 0.5) is 15.1 Å². The number of carbonyl (C=O) groups is 1. The van der Waals surface area contributed by atoms with E-state index in [4.69, 9.17) is 0 Å². The topological polar surface area (TPSA) is 90.4 Å². The standard InChI is InChI=1S/C21H28FN5O2/c1-4-17(13-28)24-19-23-11-14-9-10-27(12-18(14)25-19)20(29)26-21(2,3)15-5-7-16(22)8-6-15/h5-8,11,17,28H,4,9-10,12-13H2,1-3H3,(H,26,29)(H,23,24,25)/t17-/m0/s1. The maximum absolute atomic E-state index is 13.2. The van der Waals surface area contributed by atoms with Gasteiger partial charge in [0.25, 0.3) is 0 Å². The molecule has 2 aromatic rings. The van der Waals surface area contributed by atoms with Gasteiger partial charge < -0.3 is 20.6 Å². The molecule has 3 rings (SSSR count). The molecule has 0 saturated carbocycles. The van der Waals surface area contributed by atoms with Crippen LogP contribution < -0.4 is 10.6 Å². The molecule has 0 spiro atoms. The van der Waals surface area contributed by atoms with E-state index in [-0.39, 0.29) is 24.5 Å². The number of rotatable bonds is 6. The molecule has 0 radical (unpaired) electrons. The summed E-state index contributed by atoms with van der Waals surface area (Å²) in [6.45, 7) is 6.71. The van der Waals surface area contributed by atoms with Gasteiger partial charge in [-0.05, 0) is 49.9 Å². The number of urea groups is 1. The Labute approximate surface area is 170 Å². The molecule has 29 heavy (non-hydrogen) atoms. The van der Waals surface area contributed by atoms with Gasteiger partial charge in [0.2, 0.25) is 5.95 Å². The maximum atomic E-state index is 13.2. The predicted octanol–water partition coefficient (Wildman–Crippen LogP) is 2.80. The van der Waals surface area contributed by atoms with Crippen LogP contribution in [0.2, 0.25) is 0 Å². The first-order chi connectivity index (χ1) is 13.8. The van der Waals surface area contributed by atoms with Crippen LogP contribution in [0.25, 0.3) is 0 Å². The largest absolute Gasteiger partial charge is 0.394 e. The number of benzene rings is 1. The maximum Gasteiger partial charge on any atom is 0.318 e. The number of aliphatic hydroxyl groups is 1. The molecule has 2 amide bonds. The second-order valence-electron chi connectivity index (χ2n) is 7.83. The fourth-order valence-corrected chi connectivity index (χ4v) is 3.29. The van der Waals surface area contributed by atoms with Gasteiger partial charge in [0.1, 0.15) is 5.82 Å². The summed E-state index contributed by atoms with van der Waals surface area (Å²) in [5, 5.41) is 15.5. The van der Waals surface area contributed by atoms with Crippen LogP contribution in [0.15, 0.2) is 30.5 Å². The van der Waals surface area contributed by atoms with E-state index in [9.17, 15) is 14.3 Å². The number of carbonyl (C=O) groups excluding carboxylic acids is 1. The molecule has 7 nitrogen and oxygen atoms in total. The highest BCUT2D eigenvalue weighted by Gasteiger charge is 2.28. The van der Waals surface area contributed by atoms with Crippen molar-refractivity contribution in [1.29, 1.82) is 0 Å². The fourth-order valence-electron chi connectivity index (χ4n) is 3.29. The lowest BCUT2D eigenvalue weighted by Gasteiger charge is -2.33. The molecule has 1 aromatic heterocycles. The minimum Gasteiger partial charge on any atom is -0.394 e. The van der Waals surface area contributed by atoms with Crippen LogP contribution in [-0.4, -0.2) is 45.2 Å². The van der Waals surface area contributed by atoms with E-state index < -0.39 is 5.54 Å². The summed E-state index contributed by atoms with van der Waals surface area (Å²) in [6.07, 6.45) is 3.22. The molecule has 0 saturated heterocycles. The van der Waals surface area contributed by atoms with E-state index >= 15 is 0 Å². The first-order valence-electron chi connectivity index (χ1n) is 9.87. The van der Waals surface area contributed by atoms with Crippen LogP contribution in [0.5, 0.6) is 0 Å². The minimum absolute atomic E-state index is 0.00391. The summed E-state index contributed by atoms with van der Waals surface area (Å²) in [5.41, 5.74) is 2.01. The van der Waals surface area contributed by atoms with Crippen molar-refractivity contribution in [2.45, 2.75) is 51.7 Å². The lowest BCUT2D eigenvalue weighted by molar-refractivity contribution is 0.180. The molecular weight excluding hydrogens is 373 g/mol. The van der Waals surface area contributed by atoms with Crippen molar-refractivity contribution in [3.05, 3.63) is 53.1 Å². The highest BCUT2D eigenvalue weighted by molar-refractivity contribution is 5.75. The number of nitrogens with zero attached hydrogens (tertiary/aromatic N) is 3. The van der Waals surface area contributed by atoms with Gasteiger partial charge in [-0.1, -0.05) is 19.1 Å². The van der Waals surface area contributed by atoms with Crippen molar-refractivity contribution in [1.82, 2.24) is 20.2 Å². The predicted molar refractivity (Wildman–Crippen MR) is 109 cm³/mol. The molecule has 1 aliphatic rings. The summed E-state index contributed by atoms with van der Waals surface area (Å²) in [6, 6.07) is 5.84. The smallest absolute Gasteiger partial charge is 0.318 e. The number of hydrogen-bond donors (Lipinski definition) is 3. The van der Waals surface area contributed by atoms with Gasteiger partial charge in [0, 0.05) is 12.7 Å². The molecular formula is C21H28FN5O2. The molecule has 2 heterocycles. The Bertz CT molecular complexity index is 853. The number of amides is 2. The van der Waals surface area contributed by atoms with Crippen LogP contribution >= 0.6 is 0 Å². The van der Waals surface area contributed by atoms with Crippen molar-refractivity contribution in [2.24, 2.45) is 0 Å². The Morgan fingerprint density at radius 1 is 1.34 bits per heavy atom. The normalized spacial score (nSPS) is 14.9. The molecule has 8 heteroatoms.